The minimum Gasteiger partial charge on any atom is -0.394 e. The van der Waals surface area contributed by atoms with Gasteiger partial charge in [0, 0.05) is 6.54 Å². The van der Waals surface area contributed by atoms with Gasteiger partial charge in [-0.25, -0.2) is 0 Å². The van der Waals surface area contributed by atoms with Crippen LogP contribution in [0.3, 0.4) is 0 Å². The van der Waals surface area contributed by atoms with E-state index in [4.69, 9.17) is 0 Å². The van der Waals surface area contributed by atoms with Crippen molar-refractivity contribution in [1.29, 1.82) is 0 Å². The van der Waals surface area contributed by atoms with Crippen molar-refractivity contribution in [1.82, 2.24) is 4.90 Å². The van der Waals surface area contributed by atoms with E-state index in [1.807, 2.05) is 0 Å². The second-order valence-electron chi connectivity index (χ2n) is 4.18. The number of hydrogen-bond donors (Lipinski definition) is 1. The molecule has 0 fully saturated rings. The van der Waals surface area contributed by atoms with Crippen molar-refractivity contribution >= 4 is 0 Å². The lowest BCUT2D eigenvalue weighted by molar-refractivity contribution is 0.114. The van der Waals surface area contributed by atoms with E-state index in [0.717, 1.165) is 25.9 Å². The number of aliphatic hydroxyl groups excluding tert-OH is 1. The van der Waals surface area contributed by atoms with Gasteiger partial charge < -0.3 is 5.11 Å². The van der Waals surface area contributed by atoms with Gasteiger partial charge in [0.2, 0.25) is 0 Å². The summed E-state index contributed by atoms with van der Waals surface area (Å²) in [6.07, 6.45) is 2.27. The van der Waals surface area contributed by atoms with E-state index in [0.29, 0.717) is 0 Å². The third kappa shape index (κ3) is 2.06. The van der Waals surface area contributed by atoms with Crippen LogP contribution in [0.5, 0.6) is 0 Å². The number of fused-ring (bicyclic) bond motifs is 1. The smallest absolute Gasteiger partial charge is 0.0628 e. The van der Waals surface area contributed by atoms with E-state index >= 15 is 0 Å². The highest BCUT2D eigenvalue weighted by atomic mass is 16.3. The summed E-state index contributed by atoms with van der Waals surface area (Å²) in [7, 11) is 0. The van der Waals surface area contributed by atoms with Crippen molar-refractivity contribution in [3.63, 3.8) is 0 Å². The van der Waals surface area contributed by atoms with Gasteiger partial charge in [-0.05, 0) is 30.5 Å². The molecular weight excluding hydrogens is 186 g/mol. The molecule has 0 radical (unpaired) electrons. The zero-order chi connectivity index (χ0) is 10.7. The van der Waals surface area contributed by atoms with Crippen LogP contribution in [0.1, 0.15) is 30.5 Å². The molecule has 0 bridgehead atoms. The molecule has 1 aliphatic rings. The number of aliphatic hydroxyl groups is 1. The van der Waals surface area contributed by atoms with Crippen LogP contribution in [-0.4, -0.2) is 29.7 Å². The fraction of sp³-hybridized carbons (Fsp3) is 0.538. The predicted octanol–water partition coefficient (Wildman–Crippen LogP) is 1.99. The Balaban J connectivity index is 2.26. The Labute approximate surface area is 91.5 Å². The zero-order valence-electron chi connectivity index (χ0n) is 9.32. The SMILES string of the molecule is CCCN1CCc2ccccc2C1CO. The van der Waals surface area contributed by atoms with Gasteiger partial charge in [0.25, 0.3) is 0 Å². The van der Waals surface area contributed by atoms with E-state index in [2.05, 4.69) is 36.1 Å². The maximum Gasteiger partial charge on any atom is 0.0628 e. The predicted molar refractivity (Wildman–Crippen MR) is 61.8 cm³/mol. The van der Waals surface area contributed by atoms with Crippen LogP contribution < -0.4 is 0 Å². The van der Waals surface area contributed by atoms with E-state index in [9.17, 15) is 5.11 Å². The Morgan fingerprint density at radius 3 is 2.93 bits per heavy atom. The molecule has 82 valence electrons. The Kier molecular flexibility index (Phi) is 3.39. The molecule has 1 atom stereocenters. The molecule has 1 heterocycles. The van der Waals surface area contributed by atoms with Crippen molar-refractivity contribution in [2.45, 2.75) is 25.8 Å². The van der Waals surface area contributed by atoms with Crippen molar-refractivity contribution in [2.24, 2.45) is 0 Å². The highest BCUT2D eigenvalue weighted by Crippen LogP contribution is 2.28. The van der Waals surface area contributed by atoms with Crippen LogP contribution in [0.25, 0.3) is 0 Å². The van der Waals surface area contributed by atoms with E-state index in [1.54, 1.807) is 0 Å². The van der Waals surface area contributed by atoms with Gasteiger partial charge in [-0.15, -0.1) is 0 Å². The molecule has 0 aromatic heterocycles. The fourth-order valence-electron chi connectivity index (χ4n) is 2.47. The summed E-state index contributed by atoms with van der Waals surface area (Å²) in [5, 5.41) is 9.49. The Morgan fingerprint density at radius 1 is 1.40 bits per heavy atom. The standard InChI is InChI=1S/C13H19NO/c1-2-8-14-9-7-11-5-3-4-6-12(11)13(14)10-15/h3-6,13,15H,2,7-10H2,1H3. The monoisotopic (exact) mass is 205 g/mol. The van der Waals surface area contributed by atoms with Crippen molar-refractivity contribution < 1.29 is 5.11 Å². The first-order chi connectivity index (χ1) is 7.36. The summed E-state index contributed by atoms with van der Waals surface area (Å²) in [5.41, 5.74) is 2.73. The molecule has 1 aliphatic heterocycles. The van der Waals surface area contributed by atoms with Crippen LogP contribution >= 0.6 is 0 Å². The molecule has 2 rings (SSSR count). The average Bonchev–Trinajstić information content (AvgIpc) is 2.29. The first-order valence-corrected chi connectivity index (χ1v) is 5.79. The second kappa shape index (κ2) is 4.77. The van der Waals surface area contributed by atoms with Crippen molar-refractivity contribution in [3.8, 4) is 0 Å². The van der Waals surface area contributed by atoms with Crippen LogP contribution in [-0.2, 0) is 6.42 Å². The molecule has 15 heavy (non-hydrogen) atoms. The number of benzene rings is 1. The molecule has 1 unspecified atom stereocenters. The first-order valence-electron chi connectivity index (χ1n) is 5.79. The highest BCUT2D eigenvalue weighted by Gasteiger charge is 2.25. The summed E-state index contributed by atoms with van der Waals surface area (Å²) in [5.74, 6) is 0. The van der Waals surface area contributed by atoms with E-state index < -0.39 is 0 Å². The maximum absolute atomic E-state index is 9.49. The minimum absolute atomic E-state index is 0.217. The maximum atomic E-state index is 9.49. The molecule has 1 N–H and O–H groups in total. The number of hydrogen-bond acceptors (Lipinski definition) is 2. The van der Waals surface area contributed by atoms with Crippen LogP contribution in [0.4, 0.5) is 0 Å². The number of nitrogens with zero attached hydrogens (tertiary/aromatic N) is 1. The van der Waals surface area contributed by atoms with Crippen molar-refractivity contribution in [2.75, 3.05) is 19.7 Å². The molecule has 0 spiro atoms. The molecule has 1 aromatic rings. The third-order valence-electron chi connectivity index (χ3n) is 3.21. The molecule has 0 aliphatic carbocycles. The minimum atomic E-state index is 0.217. The van der Waals surface area contributed by atoms with Crippen molar-refractivity contribution in [3.05, 3.63) is 35.4 Å². The topological polar surface area (TPSA) is 23.5 Å². The molecule has 1 aromatic carbocycles. The van der Waals surface area contributed by atoms with Gasteiger partial charge in [0.15, 0.2) is 0 Å². The van der Waals surface area contributed by atoms with Gasteiger partial charge in [0.1, 0.15) is 0 Å². The second-order valence-corrected chi connectivity index (χ2v) is 4.18. The molecular formula is C13H19NO. The number of rotatable bonds is 3. The van der Waals surface area contributed by atoms with Gasteiger partial charge >= 0.3 is 0 Å². The Morgan fingerprint density at radius 2 is 2.20 bits per heavy atom. The average molecular weight is 205 g/mol. The molecule has 2 nitrogen and oxygen atoms in total. The van der Waals surface area contributed by atoms with Crippen LogP contribution in [0.2, 0.25) is 0 Å². The summed E-state index contributed by atoms with van der Waals surface area (Å²) in [6, 6.07) is 8.70. The van der Waals surface area contributed by atoms with Gasteiger partial charge in [0.05, 0.1) is 12.6 Å². The van der Waals surface area contributed by atoms with Crippen LogP contribution in [0, 0.1) is 0 Å². The summed E-state index contributed by atoms with van der Waals surface area (Å²) >= 11 is 0. The van der Waals surface area contributed by atoms with E-state index in [1.165, 1.54) is 11.1 Å². The molecule has 0 saturated heterocycles. The quantitative estimate of drug-likeness (QED) is 0.815. The third-order valence-corrected chi connectivity index (χ3v) is 3.21. The highest BCUT2D eigenvalue weighted by molar-refractivity contribution is 5.32. The largest absolute Gasteiger partial charge is 0.394 e. The Bertz CT molecular complexity index is 324. The lowest BCUT2D eigenvalue weighted by Crippen LogP contribution is -2.37. The van der Waals surface area contributed by atoms with Gasteiger partial charge in [-0.2, -0.15) is 0 Å². The first kappa shape index (κ1) is 10.7. The summed E-state index contributed by atoms with van der Waals surface area (Å²) in [4.78, 5) is 2.39. The van der Waals surface area contributed by atoms with Gasteiger partial charge in [-0.1, -0.05) is 31.2 Å². The summed E-state index contributed by atoms with van der Waals surface area (Å²) in [6.45, 7) is 4.58. The molecule has 0 amide bonds. The fourth-order valence-corrected chi connectivity index (χ4v) is 2.47. The molecule has 0 saturated carbocycles. The lowest BCUT2D eigenvalue weighted by atomic mass is 9.93. The van der Waals surface area contributed by atoms with E-state index in [-0.39, 0.29) is 12.6 Å². The zero-order valence-corrected chi connectivity index (χ0v) is 9.32. The lowest BCUT2D eigenvalue weighted by Gasteiger charge is -2.36. The van der Waals surface area contributed by atoms with Gasteiger partial charge in [-0.3, -0.25) is 4.90 Å². The summed E-state index contributed by atoms with van der Waals surface area (Å²) < 4.78 is 0. The normalized spacial score (nSPS) is 21.3. The molecule has 2 heteroatoms. The van der Waals surface area contributed by atoms with Crippen LogP contribution in [0.15, 0.2) is 24.3 Å². The Hall–Kier alpha value is -0.860.